The van der Waals surface area contributed by atoms with Crippen LogP contribution in [0.4, 0.5) is 4.39 Å². The first kappa shape index (κ1) is 17.0. The van der Waals surface area contributed by atoms with Gasteiger partial charge in [0.15, 0.2) is 0 Å². The normalized spacial score (nSPS) is 11.9. The number of nitrogens with one attached hydrogen (secondary N) is 1. The van der Waals surface area contributed by atoms with Crippen molar-refractivity contribution in [3.8, 4) is 0 Å². The van der Waals surface area contributed by atoms with Crippen molar-refractivity contribution in [1.82, 2.24) is 9.88 Å². The average molecular weight is 336 g/mol. The van der Waals surface area contributed by atoms with E-state index >= 15 is 0 Å². The van der Waals surface area contributed by atoms with Crippen LogP contribution in [0.5, 0.6) is 0 Å². The van der Waals surface area contributed by atoms with E-state index in [-0.39, 0.29) is 24.2 Å². The van der Waals surface area contributed by atoms with Crippen molar-refractivity contribution in [2.75, 3.05) is 6.54 Å². The molecule has 1 heterocycles. The number of halogens is 1. The zero-order valence-electron chi connectivity index (χ0n) is 13.9. The van der Waals surface area contributed by atoms with Crippen LogP contribution < -0.4 is 5.32 Å². The van der Waals surface area contributed by atoms with Crippen molar-refractivity contribution < 1.29 is 9.18 Å². The van der Waals surface area contributed by atoms with Gasteiger partial charge in [0.25, 0.3) is 0 Å². The summed E-state index contributed by atoms with van der Waals surface area (Å²) in [6.07, 6.45) is 4.85. The van der Waals surface area contributed by atoms with Gasteiger partial charge < -0.3 is 9.88 Å². The lowest BCUT2D eigenvalue weighted by atomic mass is 10.0. The van der Waals surface area contributed by atoms with Gasteiger partial charge in [0.2, 0.25) is 5.91 Å². The van der Waals surface area contributed by atoms with Crippen LogP contribution in [0.2, 0.25) is 0 Å². The van der Waals surface area contributed by atoms with Gasteiger partial charge in [-0.15, -0.1) is 0 Å². The minimum absolute atomic E-state index is 0.0427. The topological polar surface area (TPSA) is 34.0 Å². The molecule has 0 bridgehead atoms. The second-order valence-electron chi connectivity index (χ2n) is 5.99. The zero-order valence-corrected chi connectivity index (χ0v) is 13.9. The Bertz CT molecular complexity index is 800. The molecular formula is C21H21FN2O. The largest absolute Gasteiger partial charge is 0.356 e. The van der Waals surface area contributed by atoms with Crippen molar-refractivity contribution in [2.45, 2.75) is 18.9 Å². The maximum Gasteiger partial charge on any atom is 0.222 e. The number of carbonyl (C=O) groups is 1. The summed E-state index contributed by atoms with van der Waals surface area (Å²) in [6, 6.07) is 20.1. The fourth-order valence-electron chi connectivity index (χ4n) is 2.90. The number of aromatic nitrogens is 1. The quantitative estimate of drug-likeness (QED) is 0.696. The van der Waals surface area contributed by atoms with Crippen molar-refractivity contribution in [3.63, 3.8) is 0 Å². The van der Waals surface area contributed by atoms with Gasteiger partial charge >= 0.3 is 0 Å². The summed E-state index contributed by atoms with van der Waals surface area (Å²) in [6.45, 7) is 0.588. The van der Waals surface area contributed by atoms with E-state index in [1.807, 2.05) is 65.5 Å². The SMILES string of the molecule is O=C(CC(c1cccc(F)c1)n1cccc1)NCCc1ccccc1. The third-order valence-corrected chi connectivity index (χ3v) is 4.18. The molecule has 25 heavy (non-hydrogen) atoms. The van der Waals surface area contributed by atoms with Crippen molar-refractivity contribution in [3.05, 3.63) is 96.1 Å². The van der Waals surface area contributed by atoms with E-state index in [2.05, 4.69) is 5.32 Å². The van der Waals surface area contributed by atoms with E-state index in [1.165, 1.54) is 17.7 Å². The molecule has 0 spiro atoms. The fourth-order valence-corrected chi connectivity index (χ4v) is 2.90. The second kappa shape index (κ2) is 8.29. The molecule has 0 aliphatic carbocycles. The predicted molar refractivity (Wildman–Crippen MR) is 96.7 cm³/mol. The van der Waals surface area contributed by atoms with Gasteiger partial charge in [-0.25, -0.2) is 4.39 Å². The molecule has 1 aromatic heterocycles. The monoisotopic (exact) mass is 336 g/mol. The first-order chi connectivity index (χ1) is 12.2. The van der Waals surface area contributed by atoms with Gasteiger partial charge in [-0.1, -0.05) is 42.5 Å². The first-order valence-electron chi connectivity index (χ1n) is 8.41. The van der Waals surface area contributed by atoms with Gasteiger partial charge in [-0.3, -0.25) is 4.79 Å². The number of hydrogen-bond acceptors (Lipinski definition) is 1. The number of nitrogens with zero attached hydrogens (tertiary/aromatic N) is 1. The van der Waals surface area contributed by atoms with Crippen molar-refractivity contribution >= 4 is 5.91 Å². The first-order valence-corrected chi connectivity index (χ1v) is 8.41. The van der Waals surface area contributed by atoms with Crippen LogP contribution in [0.25, 0.3) is 0 Å². The maximum atomic E-state index is 13.6. The summed E-state index contributed by atoms with van der Waals surface area (Å²) in [7, 11) is 0. The third-order valence-electron chi connectivity index (χ3n) is 4.18. The van der Waals surface area contributed by atoms with Crippen LogP contribution in [-0.4, -0.2) is 17.0 Å². The molecule has 3 nitrogen and oxygen atoms in total. The molecule has 0 aliphatic rings. The minimum Gasteiger partial charge on any atom is -0.356 e. The van der Waals surface area contributed by atoms with Gasteiger partial charge in [-0.2, -0.15) is 0 Å². The molecule has 3 aromatic rings. The van der Waals surface area contributed by atoms with E-state index in [0.29, 0.717) is 6.54 Å². The summed E-state index contributed by atoms with van der Waals surface area (Å²) >= 11 is 0. The zero-order chi connectivity index (χ0) is 17.5. The van der Waals surface area contributed by atoms with Gasteiger partial charge in [0.05, 0.1) is 12.5 Å². The molecule has 0 fully saturated rings. The standard InChI is InChI=1S/C21H21FN2O/c22-19-10-6-9-18(15-19)20(24-13-4-5-14-24)16-21(25)23-12-11-17-7-2-1-3-8-17/h1-10,13-15,20H,11-12,16H2,(H,23,25). The lowest BCUT2D eigenvalue weighted by Gasteiger charge is -2.19. The van der Waals surface area contributed by atoms with Crippen LogP contribution in [0.15, 0.2) is 79.1 Å². The summed E-state index contributed by atoms with van der Waals surface area (Å²) < 4.78 is 15.5. The van der Waals surface area contributed by atoms with E-state index in [4.69, 9.17) is 0 Å². The summed E-state index contributed by atoms with van der Waals surface area (Å²) in [5.41, 5.74) is 1.98. The minimum atomic E-state index is -0.292. The number of benzene rings is 2. The highest BCUT2D eigenvalue weighted by Gasteiger charge is 2.17. The molecule has 0 aliphatic heterocycles. The Morgan fingerprint density at radius 1 is 1.00 bits per heavy atom. The molecule has 2 aromatic carbocycles. The average Bonchev–Trinajstić information content (AvgIpc) is 3.15. The molecule has 4 heteroatoms. The predicted octanol–water partition coefficient (Wildman–Crippen LogP) is 3.97. The van der Waals surface area contributed by atoms with Crippen LogP contribution >= 0.6 is 0 Å². The molecule has 128 valence electrons. The number of hydrogen-bond donors (Lipinski definition) is 1. The van der Waals surface area contributed by atoms with Crippen LogP contribution in [0.1, 0.15) is 23.6 Å². The fraction of sp³-hybridized carbons (Fsp3) is 0.190. The Morgan fingerprint density at radius 2 is 1.76 bits per heavy atom. The van der Waals surface area contributed by atoms with Gasteiger partial charge in [0.1, 0.15) is 5.82 Å². The Morgan fingerprint density at radius 3 is 2.48 bits per heavy atom. The van der Waals surface area contributed by atoms with Crippen LogP contribution in [-0.2, 0) is 11.2 Å². The Kier molecular flexibility index (Phi) is 5.62. The Labute approximate surface area is 147 Å². The molecule has 3 rings (SSSR count). The highest BCUT2D eigenvalue weighted by molar-refractivity contribution is 5.76. The molecule has 1 atom stereocenters. The van der Waals surface area contributed by atoms with Gasteiger partial charge in [-0.05, 0) is 41.8 Å². The lowest BCUT2D eigenvalue weighted by Crippen LogP contribution is -2.28. The molecule has 0 saturated carbocycles. The number of rotatable bonds is 7. The maximum absolute atomic E-state index is 13.6. The number of carbonyl (C=O) groups excluding carboxylic acids is 1. The summed E-state index contributed by atoms with van der Waals surface area (Å²) in [4.78, 5) is 12.4. The second-order valence-corrected chi connectivity index (χ2v) is 5.99. The summed E-state index contributed by atoms with van der Waals surface area (Å²) in [5, 5.41) is 2.96. The molecule has 1 amide bonds. The van der Waals surface area contributed by atoms with Crippen LogP contribution in [0, 0.1) is 5.82 Å². The van der Waals surface area contributed by atoms with E-state index in [9.17, 15) is 9.18 Å². The Hall–Kier alpha value is -2.88. The smallest absolute Gasteiger partial charge is 0.222 e. The van der Waals surface area contributed by atoms with E-state index in [1.54, 1.807) is 6.07 Å². The third kappa shape index (κ3) is 4.80. The number of amides is 1. The highest BCUT2D eigenvalue weighted by atomic mass is 19.1. The van der Waals surface area contributed by atoms with Crippen LogP contribution in [0.3, 0.4) is 0 Å². The molecule has 1 N–H and O–H groups in total. The van der Waals surface area contributed by atoms with Gasteiger partial charge in [0, 0.05) is 18.9 Å². The van der Waals surface area contributed by atoms with Crippen molar-refractivity contribution in [2.24, 2.45) is 0 Å². The summed E-state index contributed by atoms with van der Waals surface area (Å²) in [5.74, 6) is -0.335. The Balaban J connectivity index is 1.63. The molecule has 0 saturated heterocycles. The molecule has 1 unspecified atom stereocenters. The van der Waals surface area contributed by atoms with Crippen molar-refractivity contribution in [1.29, 1.82) is 0 Å². The molecule has 0 radical (unpaired) electrons. The lowest BCUT2D eigenvalue weighted by molar-refractivity contribution is -0.121. The van der Waals surface area contributed by atoms with E-state index < -0.39 is 0 Å². The molecular weight excluding hydrogens is 315 g/mol. The highest BCUT2D eigenvalue weighted by Crippen LogP contribution is 2.23. The van der Waals surface area contributed by atoms with E-state index in [0.717, 1.165) is 12.0 Å².